The van der Waals surface area contributed by atoms with Gasteiger partial charge in [-0.25, -0.2) is 4.98 Å². The van der Waals surface area contributed by atoms with Crippen LogP contribution in [0.3, 0.4) is 0 Å². The first-order valence-electron chi connectivity index (χ1n) is 5.66. The van der Waals surface area contributed by atoms with Crippen LogP contribution >= 0.6 is 11.8 Å². The molecule has 4 heteroatoms. The van der Waals surface area contributed by atoms with Crippen molar-refractivity contribution in [1.82, 2.24) is 4.98 Å². The minimum Gasteiger partial charge on any atom is -0.481 e. The van der Waals surface area contributed by atoms with E-state index < -0.39 is 0 Å². The van der Waals surface area contributed by atoms with E-state index in [-0.39, 0.29) is 0 Å². The molecule has 2 N–H and O–H groups in total. The van der Waals surface area contributed by atoms with E-state index in [1.807, 2.05) is 6.07 Å². The van der Waals surface area contributed by atoms with Crippen LogP contribution in [0.25, 0.3) is 0 Å². The van der Waals surface area contributed by atoms with E-state index in [0.29, 0.717) is 11.6 Å². The number of benzene rings is 1. The number of aryl methyl sites for hydroxylation is 2. The van der Waals surface area contributed by atoms with Gasteiger partial charge in [-0.15, -0.1) is 0 Å². The Bertz CT molecular complexity index is 570. The molecule has 0 bridgehead atoms. The number of nitrogens with zero attached hydrogens (tertiary/aromatic N) is 1. The summed E-state index contributed by atoms with van der Waals surface area (Å²) in [5, 5.41) is 0.779. The Labute approximate surface area is 111 Å². The van der Waals surface area contributed by atoms with Gasteiger partial charge in [-0.3, -0.25) is 0 Å². The Morgan fingerprint density at radius 3 is 2.61 bits per heavy atom. The van der Waals surface area contributed by atoms with Crippen LogP contribution in [-0.4, -0.2) is 12.1 Å². The average molecular weight is 260 g/mol. The molecule has 1 aromatic heterocycles. The van der Waals surface area contributed by atoms with Crippen LogP contribution in [0.2, 0.25) is 0 Å². The van der Waals surface area contributed by atoms with Gasteiger partial charge in [-0.1, -0.05) is 29.5 Å². The fourth-order valence-corrected chi connectivity index (χ4v) is 2.53. The highest BCUT2D eigenvalue weighted by Gasteiger charge is 2.07. The number of methoxy groups -OCH3 is 1. The second-order valence-corrected chi connectivity index (χ2v) is 5.15. The summed E-state index contributed by atoms with van der Waals surface area (Å²) in [4.78, 5) is 5.53. The second-order valence-electron chi connectivity index (χ2n) is 4.12. The average Bonchev–Trinajstić information content (AvgIpc) is 2.35. The first-order valence-corrected chi connectivity index (χ1v) is 6.47. The lowest BCUT2D eigenvalue weighted by atomic mass is 10.2. The number of rotatable bonds is 3. The lowest BCUT2D eigenvalue weighted by Gasteiger charge is -2.09. The summed E-state index contributed by atoms with van der Waals surface area (Å²) in [5.41, 5.74) is 9.08. The van der Waals surface area contributed by atoms with Gasteiger partial charge >= 0.3 is 0 Å². The zero-order chi connectivity index (χ0) is 13.1. The highest BCUT2D eigenvalue weighted by atomic mass is 32.2. The molecule has 0 unspecified atom stereocenters. The molecule has 0 amide bonds. The van der Waals surface area contributed by atoms with Crippen LogP contribution in [0.1, 0.15) is 11.1 Å². The fourth-order valence-electron chi connectivity index (χ4n) is 1.65. The number of nitrogen functional groups attached to an aromatic ring is 1. The third-order valence-corrected chi connectivity index (χ3v) is 3.81. The van der Waals surface area contributed by atoms with Crippen molar-refractivity contribution in [3.05, 3.63) is 41.5 Å². The van der Waals surface area contributed by atoms with Crippen molar-refractivity contribution < 1.29 is 4.74 Å². The zero-order valence-corrected chi connectivity index (χ0v) is 11.5. The molecule has 0 spiro atoms. The highest BCUT2D eigenvalue weighted by molar-refractivity contribution is 7.99. The molecule has 1 aromatic carbocycles. The van der Waals surface area contributed by atoms with Crippen LogP contribution in [-0.2, 0) is 0 Å². The molecule has 0 saturated heterocycles. The van der Waals surface area contributed by atoms with Crippen LogP contribution in [0.5, 0.6) is 5.88 Å². The van der Waals surface area contributed by atoms with E-state index in [1.54, 1.807) is 24.9 Å². The smallest absolute Gasteiger partial charge is 0.214 e. The first-order chi connectivity index (χ1) is 8.60. The summed E-state index contributed by atoms with van der Waals surface area (Å²) in [6.45, 7) is 4.17. The molecule has 0 aliphatic carbocycles. The third kappa shape index (κ3) is 2.76. The Balaban J connectivity index is 2.33. The SMILES string of the molecule is COc1ccc(N)c(Sc2ccc(C)cc2C)n1. The minimum atomic E-state index is 0.580. The van der Waals surface area contributed by atoms with Crippen molar-refractivity contribution in [2.75, 3.05) is 12.8 Å². The summed E-state index contributed by atoms with van der Waals surface area (Å²) in [5.74, 6) is 0.580. The van der Waals surface area contributed by atoms with Gasteiger partial charge in [-0.05, 0) is 31.5 Å². The second kappa shape index (κ2) is 5.31. The maximum absolute atomic E-state index is 5.93. The van der Waals surface area contributed by atoms with E-state index in [9.17, 15) is 0 Å². The van der Waals surface area contributed by atoms with Gasteiger partial charge in [-0.2, -0.15) is 0 Å². The lowest BCUT2D eigenvalue weighted by Crippen LogP contribution is -1.95. The molecule has 2 rings (SSSR count). The van der Waals surface area contributed by atoms with E-state index in [2.05, 4.69) is 37.0 Å². The molecule has 2 aromatic rings. The summed E-state index contributed by atoms with van der Waals surface area (Å²) in [6.07, 6.45) is 0. The standard InChI is InChI=1S/C14H16N2OS/c1-9-4-6-12(10(2)8-9)18-14-11(15)5-7-13(16-14)17-3/h4-8H,15H2,1-3H3. The molecule has 0 saturated carbocycles. The lowest BCUT2D eigenvalue weighted by molar-refractivity contribution is 0.395. The van der Waals surface area contributed by atoms with Gasteiger partial charge in [0.25, 0.3) is 0 Å². The van der Waals surface area contributed by atoms with Crippen molar-refractivity contribution in [1.29, 1.82) is 0 Å². The maximum Gasteiger partial charge on any atom is 0.214 e. The molecule has 0 atom stereocenters. The number of hydrogen-bond donors (Lipinski definition) is 1. The molecule has 1 heterocycles. The Hall–Kier alpha value is -1.68. The summed E-state index contributed by atoms with van der Waals surface area (Å²) < 4.78 is 5.12. The first kappa shape index (κ1) is 12.8. The summed E-state index contributed by atoms with van der Waals surface area (Å²) in [6, 6.07) is 9.92. The van der Waals surface area contributed by atoms with E-state index >= 15 is 0 Å². The largest absolute Gasteiger partial charge is 0.481 e. The number of aromatic nitrogens is 1. The molecular weight excluding hydrogens is 244 g/mol. The Kier molecular flexibility index (Phi) is 3.77. The van der Waals surface area contributed by atoms with Crippen molar-refractivity contribution in [3.63, 3.8) is 0 Å². The molecule has 94 valence electrons. The number of ether oxygens (including phenoxy) is 1. The van der Waals surface area contributed by atoms with Gasteiger partial charge in [0.1, 0.15) is 5.03 Å². The zero-order valence-electron chi connectivity index (χ0n) is 10.7. The molecule has 0 radical (unpaired) electrons. The maximum atomic E-state index is 5.93. The van der Waals surface area contributed by atoms with Crippen molar-refractivity contribution in [2.24, 2.45) is 0 Å². The molecule has 18 heavy (non-hydrogen) atoms. The van der Waals surface area contributed by atoms with E-state index in [4.69, 9.17) is 10.5 Å². The van der Waals surface area contributed by atoms with Crippen molar-refractivity contribution in [3.8, 4) is 5.88 Å². The number of anilines is 1. The quantitative estimate of drug-likeness (QED) is 0.918. The highest BCUT2D eigenvalue weighted by Crippen LogP contribution is 2.33. The normalized spacial score (nSPS) is 10.4. The van der Waals surface area contributed by atoms with Crippen LogP contribution in [0.15, 0.2) is 40.3 Å². The van der Waals surface area contributed by atoms with Gasteiger partial charge in [0.15, 0.2) is 0 Å². The molecule has 0 aliphatic rings. The Morgan fingerprint density at radius 1 is 1.17 bits per heavy atom. The molecule has 0 fully saturated rings. The summed E-state index contributed by atoms with van der Waals surface area (Å²) in [7, 11) is 1.60. The number of pyridine rings is 1. The van der Waals surface area contributed by atoms with Crippen LogP contribution in [0, 0.1) is 13.8 Å². The molecule has 0 aliphatic heterocycles. The minimum absolute atomic E-state index is 0.580. The molecular formula is C14H16N2OS. The topological polar surface area (TPSA) is 48.1 Å². The van der Waals surface area contributed by atoms with E-state index in [1.165, 1.54) is 11.1 Å². The van der Waals surface area contributed by atoms with Crippen molar-refractivity contribution >= 4 is 17.4 Å². The van der Waals surface area contributed by atoms with Crippen LogP contribution in [0.4, 0.5) is 5.69 Å². The van der Waals surface area contributed by atoms with Crippen LogP contribution < -0.4 is 10.5 Å². The Morgan fingerprint density at radius 2 is 1.94 bits per heavy atom. The van der Waals surface area contributed by atoms with Gasteiger partial charge < -0.3 is 10.5 Å². The predicted molar refractivity (Wildman–Crippen MR) is 75.2 cm³/mol. The summed E-state index contributed by atoms with van der Waals surface area (Å²) >= 11 is 1.56. The van der Waals surface area contributed by atoms with Gasteiger partial charge in [0.05, 0.1) is 12.8 Å². The monoisotopic (exact) mass is 260 g/mol. The number of hydrogen-bond acceptors (Lipinski definition) is 4. The van der Waals surface area contributed by atoms with Gasteiger partial charge in [0, 0.05) is 11.0 Å². The predicted octanol–water partition coefficient (Wildman–Crippen LogP) is 3.44. The molecule has 3 nitrogen and oxygen atoms in total. The van der Waals surface area contributed by atoms with Gasteiger partial charge in [0.2, 0.25) is 5.88 Å². The van der Waals surface area contributed by atoms with E-state index in [0.717, 1.165) is 9.92 Å². The van der Waals surface area contributed by atoms with Crippen molar-refractivity contribution in [2.45, 2.75) is 23.8 Å². The third-order valence-electron chi connectivity index (χ3n) is 2.61. The number of nitrogens with two attached hydrogens (primary N) is 1. The fraction of sp³-hybridized carbons (Fsp3) is 0.214.